The molecule has 0 spiro atoms. The molecule has 27 heavy (non-hydrogen) atoms. The van der Waals surface area contributed by atoms with E-state index >= 15 is 0 Å². The topological polar surface area (TPSA) is 72.4 Å². The Morgan fingerprint density at radius 2 is 1.96 bits per heavy atom. The lowest BCUT2D eigenvalue weighted by molar-refractivity contribution is 0.0468. The zero-order valence-corrected chi connectivity index (χ0v) is 19.8. The van der Waals surface area contributed by atoms with E-state index in [4.69, 9.17) is 25.7 Å². The van der Waals surface area contributed by atoms with Crippen molar-refractivity contribution in [1.82, 2.24) is 9.39 Å². The molecule has 1 aliphatic heterocycles. The van der Waals surface area contributed by atoms with Crippen LogP contribution in [0.1, 0.15) is 52.9 Å². The van der Waals surface area contributed by atoms with Crippen molar-refractivity contribution in [2.24, 2.45) is 10.6 Å². The van der Waals surface area contributed by atoms with Gasteiger partial charge < -0.3 is 14.4 Å². The Morgan fingerprint density at radius 1 is 1.33 bits per heavy atom. The highest BCUT2D eigenvalue weighted by Crippen LogP contribution is 2.61. The van der Waals surface area contributed by atoms with Crippen molar-refractivity contribution in [2.75, 3.05) is 25.3 Å². The lowest BCUT2D eigenvalue weighted by atomic mass is 9.96. The van der Waals surface area contributed by atoms with Gasteiger partial charge in [-0.1, -0.05) is 38.3 Å². The minimum absolute atomic E-state index is 0.0274. The summed E-state index contributed by atoms with van der Waals surface area (Å²) in [5.74, 6) is 0.331. The lowest BCUT2D eigenvalue weighted by Gasteiger charge is -2.44. The van der Waals surface area contributed by atoms with E-state index in [9.17, 15) is 4.79 Å². The molecule has 1 aliphatic carbocycles. The van der Waals surface area contributed by atoms with Gasteiger partial charge in [0.25, 0.3) is 6.64 Å². The van der Waals surface area contributed by atoms with Gasteiger partial charge in [0.1, 0.15) is 5.04 Å². The Hall–Kier alpha value is 0.170. The number of carbonyl (C=O) groups is 1. The van der Waals surface area contributed by atoms with Crippen molar-refractivity contribution in [3.63, 3.8) is 0 Å². The normalized spacial score (nSPS) is 23.2. The first-order valence-electron chi connectivity index (χ1n) is 9.11. The summed E-state index contributed by atoms with van der Waals surface area (Å²) in [6, 6.07) is 0.311. The van der Waals surface area contributed by atoms with Gasteiger partial charge >= 0.3 is 6.09 Å². The van der Waals surface area contributed by atoms with Gasteiger partial charge in [-0.3, -0.25) is 4.84 Å². The zero-order valence-electron chi connectivity index (χ0n) is 16.4. The van der Waals surface area contributed by atoms with Crippen LogP contribution in [-0.4, -0.2) is 46.6 Å². The molecule has 0 radical (unpaired) electrons. The largest absolute Gasteiger partial charge is 0.434 e. The van der Waals surface area contributed by atoms with Crippen LogP contribution < -0.4 is 5.32 Å². The Kier molecular flexibility index (Phi) is 9.38. The van der Waals surface area contributed by atoms with Crippen molar-refractivity contribution in [3.05, 3.63) is 0 Å². The van der Waals surface area contributed by atoms with Gasteiger partial charge in [0.2, 0.25) is 0 Å². The maximum absolute atomic E-state index is 11.8. The van der Waals surface area contributed by atoms with E-state index in [0.717, 1.165) is 12.8 Å². The monoisotopic (exact) mass is 455 g/mol. The van der Waals surface area contributed by atoms with E-state index in [1.807, 2.05) is 6.26 Å². The van der Waals surface area contributed by atoms with Crippen LogP contribution in [0.5, 0.6) is 0 Å². The van der Waals surface area contributed by atoms with Gasteiger partial charge in [0.15, 0.2) is 0 Å². The second-order valence-corrected chi connectivity index (χ2v) is 12.9. The molecule has 0 aromatic heterocycles. The third kappa shape index (κ3) is 7.49. The molecule has 156 valence electrons. The average molecular weight is 456 g/mol. The summed E-state index contributed by atoms with van der Waals surface area (Å²) >= 11 is 8.73. The smallest absolute Gasteiger partial charge is 0.317 e. The van der Waals surface area contributed by atoms with Gasteiger partial charge in [-0.05, 0) is 49.8 Å². The van der Waals surface area contributed by atoms with Crippen LogP contribution in [0, 0.1) is 5.41 Å². The van der Waals surface area contributed by atoms with E-state index in [1.165, 1.54) is 43.0 Å². The molecule has 0 atom stereocenters. The third-order valence-corrected chi connectivity index (χ3v) is 10.0. The van der Waals surface area contributed by atoms with Crippen LogP contribution in [0.2, 0.25) is 0 Å². The van der Waals surface area contributed by atoms with Crippen LogP contribution in [0.4, 0.5) is 4.79 Å². The molecule has 0 bridgehead atoms. The maximum atomic E-state index is 11.8. The number of hydrogen-bond acceptors (Lipinski definition) is 8. The quantitative estimate of drug-likeness (QED) is 0.115. The van der Waals surface area contributed by atoms with Crippen molar-refractivity contribution in [3.8, 4) is 0 Å². The highest BCUT2D eigenvalue weighted by Gasteiger charge is 2.41. The molecule has 0 aromatic rings. The third-order valence-electron chi connectivity index (χ3n) is 4.33. The Labute approximate surface area is 176 Å². The fraction of sp³-hybridized carbons (Fsp3) is 0.875. The molecular weight excluding hydrogens is 425 g/mol. The van der Waals surface area contributed by atoms with Gasteiger partial charge in [-0.2, -0.15) is 4.08 Å². The summed E-state index contributed by atoms with van der Waals surface area (Å²) in [7, 11) is 0. The number of amides is 1. The highest BCUT2D eigenvalue weighted by molar-refractivity contribution is 8.15. The van der Waals surface area contributed by atoms with Crippen LogP contribution in [0.15, 0.2) is 5.16 Å². The predicted molar refractivity (Wildman–Crippen MR) is 117 cm³/mol. The average Bonchev–Trinajstić information content (AvgIpc) is 2.66. The lowest BCUT2D eigenvalue weighted by Crippen LogP contribution is -2.38. The van der Waals surface area contributed by atoms with Crippen molar-refractivity contribution < 1.29 is 18.7 Å². The summed E-state index contributed by atoms with van der Waals surface area (Å²) in [5.41, 5.74) is -0.0274. The fourth-order valence-electron chi connectivity index (χ4n) is 2.72. The van der Waals surface area contributed by atoms with E-state index in [2.05, 4.69) is 28.4 Å². The first kappa shape index (κ1) is 23.4. The Balaban J connectivity index is 1.95. The standard InChI is InChI=1S/C16H30N3O4PS3/c1-13(26-4)18-23-15(20)17-12-27-19(14-8-6-5-7-9-14)24(25)21-10-16(2,3)11-22-24/h14H,5-12H2,1-4H3,(H,17,20). The molecule has 2 aliphatic rings. The molecule has 0 unspecified atom stereocenters. The summed E-state index contributed by atoms with van der Waals surface area (Å²) in [6.45, 7) is 4.62. The van der Waals surface area contributed by atoms with Gasteiger partial charge in [-0.15, -0.1) is 11.8 Å². The van der Waals surface area contributed by atoms with Crippen LogP contribution in [0.25, 0.3) is 0 Å². The SMILES string of the molecule is CSC(C)=NOC(=O)NCSN(C1CCCCC1)P1(=S)OCC(C)(C)CO1. The summed E-state index contributed by atoms with van der Waals surface area (Å²) in [5, 5.41) is 7.12. The van der Waals surface area contributed by atoms with Gasteiger partial charge in [0, 0.05) is 11.5 Å². The molecular formula is C16H30N3O4PS3. The zero-order chi connectivity index (χ0) is 19.9. The van der Waals surface area contributed by atoms with Gasteiger partial charge in [0.05, 0.1) is 19.1 Å². The maximum Gasteiger partial charge on any atom is 0.434 e. The predicted octanol–water partition coefficient (Wildman–Crippen LogP) is 4.95. The van der Waals surface area contributed by atoms with E-state index in [-0.39, 0.29) is 5.41 Å². The molecule has 1 heterocycles. The number of hydrogen-bond donors (Lipinski definition) is 1. The van der Waals surface area contributed by atoms with Crippen molar-refractivity contribution in [1.29, 1.82) is 0 Å². The number of nitrogens with one attached hydrogen (secondary N) is 1. The highest BCUT2D eigenvalue weighted by atomic mass is 32.5. The van der Waals surface area contributed by atoms with Crippen molar-refractivity contribution in [2.45, 2.75) is 58.9 Å². The Bertz CT molecular complexity index is 571. The van der Waals surface area contributed by atoms with Crippen molar-refractivity contribution >= 4 is 53.3 Å². The minimum atomic E-state index is -2.56. The fourth-order valence-corrected chi connectivity index (χ4v) is 7.68. The molecule has 1 amide bonds. The van der Waals surface area contributed by atoms with Crippen LogP contribution in [-0.2, 0) is 25.7 Å². The van der Waals surface area contributed by atoms with Gasteiger partial charge in [-0.25, -0.2) is 4.79 Å². The molecule has 11 heteroatoms. The number of nitrogens with zero attached hydrogens (tertiary/aromatic N) is 2. The van der Waals surface area contributed by atoms with E-state index < -0.39 is 12.7 Å². The summed E-state index contributed by atoms with van der Waals surface area (Å²) in [4.78, 5) is 16.6. The molecule has 2 rings (SSSR count). The molecule has 0 aromatic carbocycles. The second-order valence-electron chi connectivity index (χ2n) is 7.42. The van der Waals surface area contributed by atoms with E-state index in [1.54, 1.807) is 6.92 Å². The van der Waals surface area contributed by atoms with Crippen LogP contribution >= 0.6 is 30.4 Å². The first-order valence-corrected chi connectivity index (χ1v) is 13.9. The number of carbonyl (C=O) groups excluding carboxylic acids is 1. The molecule has 7 nitrogen and oxygen atoms in total. The number of oxime groups is 1. The molecule has 1 N–H and O–H groups in total. The first-order chi connectivity index (χ1) is 12.8. The molecule has 2 fully saturated rings. The second kappa shape index (κ2) is 10.8. The van der Waals surface area contributed by atoms with Crippen LogP contribution in [0.3, 0.4) is 0 Å². The number of rotatable bonds is 6. The Morgan fingerprint density at radius 3 is 2.56 bits per heavy atom. The summed E-state index contributed by atoms with van der Waals surface area (Å²) < 4.78 is 14.3. The number of thioether (sulfide) groups is 1. The summed E-state index contributed by atoms with van der Waals surface area (Å²) in [6.07, 6.45) is 7.05. The molecule has 1 saturated carbocycles. The van der Waals surface area contributed by atoms with E-state index in [0.29, 0.717) is 30.2 Å². The minimum Gasteiger partial charge on any atom is -0.317 e. The molecule has 1 saturated heterocycles.